The van der Waals surface area contributed by atoms with Crippen LogP contribution >= 0.6 is 0 Å². The molecule has 1 aromatic carbocycles. The van der Waals surface area contributed by atoms with Gasteiger partial charge in [0.2, 0.25) is 0 Å². The van der Waals surface area contributed by atoms with Gasteiger partial charge in [0.05, 0.1) is 12.6 Å². The van der Waals surface area contributed by atoms with E-state index in [4.69, 9.17) is 4.74 Å². The van der Waals surface area contributed by atoms with Gasteiger partial charge in [-0.15, -0.1) is 0 Å². The number of para-hydroxylation sites is 1. The van der Waals surface area contributed by atoms with Crippen molar-refractivity contribution in [1.29, 1.82) is 0 Å². The van der Waals surface area contributed by atoms with E-state index in [1.807, 2.05) is 37.4 Å². The maximum absolute atomic E-state index is 5.67. The van der Waals surface area contributed by atoms with Gasteiger partial charge in [0.25, 0.3) is 0 Å². The number of pyridine rings is 1. The van der Waals surface area contributed by atoms with Gasteiger partial charge in [-0.25, -0.2) is 4.98 Å². The summed E-state index contributed by atoms with van der Waals surface area (Å²) in [5, 5.41) is 6.60. The zero-order valence-corrected chi connectivity index (χ0v) is 10.9. The molecule has 98 valence electrons. The van der Waals surface area contributed by atoms with Gasteiger partial charge in [-0.1, -0.05) is 18.2 Å². The number of rotatable bonds is 3. The summed E-state index contributed by atoms with van der Waals surface area (Å²) in [4.78, 5) is 4.22. The molecule has 0 saturated heterocycles. The molecule has 19 heavy (non-hydrogen) atoms. The summed E-state index contributed by atoms with van der Waals surface area (Å²) in [6, 6.07) is 12.5. The Labute approximate surface area is 112 Å². The van der Waals surface area contributed by atoms with E-state index >= 15 is 0 Å². The Balaban J connectivity index is 1.84. The summed E-state index contributed by atoms with van der Waals surface area (Å²) in [7, 11) is 1.87. The molecule has 0 saturated carbocycles. The van der Waals surface area contributed by atoms with Crippen LogP contribution in [0.2, 0.25) is 0 Å². The normalized spacial score (nSPS) is 17.2. The summed E-state index contributed by atoms with van der Waals surface area (Å²) in [5.74, 6) is 1.85. The van der Waals surface area contributed by atoms with Crippen molar-refractivity contribution in [3.63, 3.8) is 0 Å². The molecule has 3 rings (SSSR count). The lowest BCUT2D eigenvalue weighted by molar-refractivity contribution is 0.274. The van der Waals surface area contributed by atoms with E-state index in [0.29, 0.717) is 0 Å². The van der Waals surface area contributed by atoms with Crippen LogP contribution in [0.4, 0.5) is 11.5 Å². The largest absolute Gasteiger partial charge is 0.493 e. The molecule has 0 bridgehead atoms. The number of benzene rings is 1. The van der Waals surface area contributed by atoms with E-state index in [1.54, 1.807) is 6.20 Å². The Morgan fingerprint density at radius 3 is 3.05 bits per heavy atom. The summed E-state index contributed by atoms with van der Waals surface area (Å²) >= 11 is 0. The average molecular weight is 255 g/mol. The lowest BCUT2D eigenvalue weighted by atomic mass is 10.0. The van der Waals surface area contributed by atoms with Crippen LogP contribution in [-0.2, 0) is 0 Å². The van der Waals surface area contributed by atoms with E-state index < -0.39 is 0 Å². The van der Waals surface area contributed by atoms with Crippen LogP contribution in [0.15, 0.2) is 42.6 Å². The first kappa shape index (κ1) is 11.8. The molecule has 1 unspecified atom stereocenters. The Kier molecular flexibility index (Phi) is 3.23. The van der Waals surface area contributed by atoms with Gasteiger partial charge in [-0.05, 0) is 12.1 Å². The van der Waals surface area contributed by atoms with E-state index in [1.165, 1.54) is 5.56 Å². The third-order valence-electron chi connectivity index (χ3n) is 3.32. The van der Waals surface area contributed by atoms with Gasteiger partial charge in [0, 0.05) is 37.0 Å². The number of anilines is 2. The highest BCUT2D eigenvalue weighted by molar-refractivity contribution is 5.54. The predicted molar refractivity (Wildman–Crippen MR) is 76.7 cm³/mol. The lowest BCUT2D eigenvalue weighted by Crippen LogP contribution is -2.20. The number of nitrogens with one attached hydrogen (secondary N) is 2. The van der Waals surface area contributed by atoms with Gasteiger partial charge in [0.15, 0.2) is 0 Å². The average Bonchev–Trinajstić information content (AvgIpc) is 2.48. The fraction of sp³-hybridized carbons (Fsp3) is 0.267. The van der Waals surface area contributed by atoms with Crippen LogP contribution in [0.3, 0.4) is 0 Å². The van der Waals surface area contributed by atoms with Crippen molar-refractivity contribution in [2.75, 3.05) is 24.3 Å². The maximum Gasteiger partial charge on any atom is 0.127 e. The summed E-state index contributed by atoms with van der Waals surface area (Å²) in [6.07, 6.45) is 2.77. The zero-order chi connectivity index (χ0) is 13.1. The number of nitrogens with zero attached hydrogens (tertiary/aromatic N) is 1. The number of aromatic nitrogens is 1. The molecule has 0 amide bonds. The second-order valence-corrected chi connectivity index (χ2v) is 4.55. The summed E-state index contributed by atoms with van der Waals surface area (Å²) in [5.41, 5.74) is 2.29. The third-order valence-corrected chi connectivity index (χ3v) is 3.32. The van der Waals surface area contributed by atoms with Crippen molar-refractivity contribution in [3.05, 3.63) is 48.2 Å². The van der Waals surface area contributed by atoms with Crippen molar-refractivity contribution < 1.29 is 4.74 Å². The molecule has 1 aliphatic heterocycles. The summed E-state index contributed by atoms with van der Waals surface area (Å²) < 4.78 is 5.67. The van der Waals surface area contributed by atoms with Crippen molar-refractivity contribution in [2.24, 2.45) is 0 Å². The Hall–Kier alpha value is -2.23. The molecule has 0 aliphatic carbocycles. The van der Waals surface area contributed by atoms with Gasteiger partial charge in [-0.2, -0.15) is 0 Å². The van der Waals surface area contributed by atoms with E-state index in [2.05, 4.69) is 21.7 Å². The van der Waals surface area contributed by atoms with Crippen LogP contribution in [-0.4, -0.2) is 18.6 Å². The zero-order valence-electron chi connectivity index (χ0n) is 10.9. The van der Waals surface area contributed by atoms with Crippen LogP contribution in [0, 0.1) is 0 Å². The molecule has 1 aliphatic rings. The number of hydrogen-bond donors (Lipinski definition) is 2. The number of fused-ring (bicyclic) bond motifs is 1. The minimum atomic E-state index is 0.289. The van der Waals surface area contributed by atoms with E-state index in [9.17, 15) is 0 Å². The second-order valence-electron chi connectivity index (χ2n) is 4.55. The Bertz CT molecular complexity index is 571. The van der Waals surface area contributed by atoms with Crippen molar-refractivity contribution in [1.82, 2.24) is 4.98 Å². The lowest BCUT2D eigenvalue weighted by Gasteiger charge is -2.27. The molecular formula is C15H17N3O. The van der Waals surface area contributed by atoms with Crippen LogP contribution in [0.1, 0.15) is 18.0 Å². The van der Waals surface area contributed by atoms with Gasteiger partial charge >= 0.3 is 0 Å². The van der Waals surface area contributed by atoms with Gasteiger partial charge in [-0.3, -0.25) is 0 Å². The Morgan fingerprint density at radius 2 is 2.16 bits per heavy atom. The standard InChI is InChI=1S/C15H17N3O/c1-16-15-10-11(6-8-17-15)18-13-7-9-19-14-5-3-2-4-12(13)14/h2-6,8,10,13H,7,9H2,1H3,(H2,16,17,18). The molecular weight excluding hydrogens is 238 g/mol. The number of hydrogen-bond acceptors (Lipinski definition) is 4. The molecule has 0 fully saturated rings. The maximum atomic E-state index is 5.67. The molecule has 0 spiro atoms. The minimum Gasteiger partial charge on any atom is -0.493 e. The molecule has 2 aromatic rings. The fourth-order valence-corrected chi connectivity index (χ4v) is 2.35. The van der Waals surface area contributed by atoms with Crippen molar-refractivity contribution >= 4 is 11.5 Å². The first-order chi connectivity index (χ1) is 9.36. The quantitative estimate of drug-likeness (QED) is 0.885. The molecule has 1 atom stereocenters. The molecule has 2 heterocycles. The SMILES string of the molecule is CNc1cc(NC2CCOc3ccccc32)ccn1. The predicted octanol–water partition coefficient (Wildman–Crippen LogP) is 3.06. The van der Waals surface area contributed by atoms with Crippen LogP contribution < -0.4 is 15.4 Å². The van der Waals surface area contributed by atoms with Crippen LogP contribution in [0.5, 0.6) is 5.75 Å². The summed E-state index contributed by atoms with van der Waals surface area (Å²) in [6.45, 7) is 0.749. The van der Waals surface area contributed by atoms with E-state index in [0.717, 1.165) is 30.3 Å². The van der Waals surface area contributed by atoms with Gasteiger partial charge < -0.3 is 15.4 Å². The van der Waals surface area contributed by atoms with E-state index in [-0.39, 0.29) is 6.04 Å². The van der Waals surface area contributed by atoms with Gasteiger partial charge in [0.1, 0.15) is 11.6 Å². The van der Waals surface area contributed by atoms with Crippen molar-refractivity contribution in [3.8, 4) is 5.75 Å². The highest BCUT2D eigenvalue weighted by Crippen LogP contribution is 2.34. The van der Waals surface area contributed by atoms with Crippen LogP contribution in [0.25, 0.3) is 0 Å². The number of ether oxygens (including phenoxy) is 1. The molecule has 2 N–H and O–H groups in total. The highest BCUT2D eigenvalue weighted by Gasteiger charge is 2.20. The second kappa shape index (κ2) is 5.18. The Morgan fingerprint density at radius 1 is 1.26 bits per heavy atom. The monoisotopic (exact) mass is 255 g/mol. The fourth-order valence-electron chi connectivity index (χ4n) is 2.35. The molecule has 4 heteroatoms. The molecule has 1 aromatic heterocycles. The highest BCUT2D eigenvalue weighted by atomic mass is 16.5. The topological polar surface area (TPSA) is 46.2 Å². The van der Waals surface area contributed by atoms with Crippen molar-refractivity contribution in [2.45, 2.75) is 12.5 Å². The molecule has 4 nitrogen and oxygen atoms in total. The first-order valence-corrected chi connectivity index (χ1v) is 6.49. The first-order valence-electron chi connectivity index (χ1n) is 6.49. The minimum absolute atomic E-state index is 0.289. The smallest absolute Gasteiger partial charge is 0.127 e. The molecule has 0 radical (unpaired) electrons. The third kappa shape index (κ3) is 2.47.